The van der Waals surface area contributed by atoms with E-state index in [0.29, 0.717) is 35.1 Å². The lowest BCUT2D eigenvalue weighted by atomic mass is 10.2. The van der Waals surface area contributed by atoms with Crippen LogP contribution in [0.4, 0.5) is 0 Å². The van der Waals surface area contributed by atoms with Crippen LogP contribution < -0.4 is 26.7 Å². The van der Waals surface area contributed by atoms with Crippen molar-refractivity contribution in [3.05, 3.63) is 83.4 Å². The van der Waals surface area contributed by atoms with E-state index in [1.165, 1.54) is 6.07 Å². The van der Waals surface area contributed by atoms with Gasteiger partial charge < -0.3 is 26.7 Å². The molecule has 0 spiro atoms. The minimum Gasteiger partial charge on any atom is -0.457 e. The van der Waals surface area contributed by atoms with E-state index in [0.717, 1.165) is 5.56 Å². The van der Waals surface area contributed by atoms with Gasteiger partial charge in [-0.2, -0.15) is 0 Å². The van der Waals surface area contributed by atoms with Crippen molar-refractivity contribution >= 4 is 11.7 Å². The van der Waals surface area contributed by atoms with Crippen LogP contribution in [0.5, 0.6) is 23.0 Å². The predicted molar refractivity (Wildman–Crippen MR) is 107 cm³/mol. The van der Waals surface area contributed by atoms with E-state index in [2.05, 4.69) is 0 Å². The van der Waals surface area contributed by atoms with E-state index >= 15 is 0 Å². The average molecular weight is 376 g/mol. The predicted octanol–water partition coefficient (Wildman–Crippen LogP) is 3.11. The van der Waals surface area contributed by atoms with Crippen molar-refractivity contribution in [3.8, 4) is 23.0 Å². The second kappa shape index (κ2) is 8.24. The van der Waals surface area contributed by atoms with Gasteiger partial charge in [-0.05, 0) is 54.1 Å². The van der Waals surface area contributed by atoms with Crippen molar-refractivity contribution in [2.75, 3.05) is 0 Å². The summed E-state index contributed by atoms with van der Waals surface area (Å²) >= 11 is 0. The van der Waals surface area contributed by atoms with Crippen LogP contribution in [0.1, 0.15) is 21.5 Å². The van der Waals surface area contributed by atoms with Crippen LogP contribution in [-0.2, 0) is 6.54 Å². The zero-order valence-electron chi connectivity index (χ0n) is 15.0. The second-order valence-corrected chi connectivity index (χ2v) is 6.05. The first-order valence-corrected chi connectivity index (χ1v) is 8.48. The van der Waals surface area contributed by atoms with Gasteiger partial charge in [0.25, 0.3) is 0 Å². The number of benzene rings is 3. The van der Waals surface area contributed by atoms with E-state index in [9.17, 15) is 4.79 Å². The van der Waals surface area contributed by atoms with Crippen LogP contribution in [0.3, 0.4) is 0 Å². The maximum Gasteiger partial charge on any atom is 0.248 e. The van der Waals surface area contributed by atoms with Crippen LogP contribution in [-0.4, -0.2) is 11.7 Å². The average Bonchev–Trinajstić information content (AvgIpc) is 2.69. The van der Waals surface area contributed by atoms with Crippen molar-refractivity contribution in [1.29, 1.82) is 5.41 Å². The molecule has 0 aliphatic carbocycles. The molecule has 7 N–H and O–H groups in total. The highest BCUT2D eigenvalue weighted by molar-refractivity contribution is 5.95. The number of amidine groups is 1. The zero-order chi connectivity index (χ0) is 20.1. The Labute approximate surface area is 162 Å². The van der Waals surface area contributed by atoms with Crippen LogP contribution >= 0.6 is 0 Å². The number of rotatable bonds is 7. The number of amides is 1. The van der Waals surface area contributed by atoms with Gasteiger partial charge >= 0.3 is 0 Å². The van der Waals surface area contributed by atoms with Gasteiger partial charge in [0.1, 0.15) is 28.8 Å². The molecular formula is C21H20N4O3. The van der Waals surface area contributed by atoms with Crippen molar-refractivity contribution < 1.29 is 14.3 Å². The molecule has 0 aliphatic rings. The summed E-state index contributed by atoms with van der Waals surface area (Å²) in [6.45, 7) is 0.442. The highest BCUT2D eigenvalue weighted by atomic mass is 16.5. The molecule has 1 amide bonds. The number of carbonyl (C=O) groups is 1. The molecule has 0 aliphatic heterocycles. The molecule has 7 nitrogen and oxygen atoms in total. The molecule has 142 valence electrons. The smallest absolute Gasteiger partial charge is 0.248 e. The number of primary amides is 1. The molecule has 0 unspecified atom stereocenters. The van der Waals surface area contributed by atoms with E-state index in [-0.39, 0.29) is 11.4 Å². The molecule has 0 bridgehead atoms. The fourth-order valence-electron chi connectivity index (χ4n) is 2.50. The van der Waals surface area contributed by atoms with Gasteiger partial charge in [-0.1, -0.05) is 12.1 Å². The van der Waals surface area contributed by atoms with Crippen molar-refractivity contribution in [2.45, 2.75) is 6.54 Å². The lowest BCUT2D eigenvalue weighted by molar-refractivity contribution is 0.0999. The second-order valence-electron chi connectivity index (χ2n) is 6.05. The largest absolute Gasteiger partial charge is 0.457 e. The number of nitrogens with one attached hydrogen (secondary N) is 1. The third-order valence-corrected chi connectivity index (χ3v) is 3.96. The molecule has 0 saturated heterocycles. The topological polar surface area (TPSA) is 137 Å². The Morgan fingerprint density at radius 2 is 1.25 bits per heavy atom. The Hall–Kier alpha value is -3.84. The molecule has 0 fully saturated rings. The lowest BCUT2D eigenvalue weighted by Crippen LogP contribution is -2.11. The third kappa shape index (κ3) is 4.66. The molecule has 28 heavy (non-hydrogen) atoms. The monoisotopic (exact) mass is 376 g/mol. The fraction of sp³-hybridized carbons (Fsp3) is 0.0476. The van der Waals surface area contributed by atoms with Gasteiger partial charge in [-0.25, -0.2) is 0 Å². The Kier molecular flexibility index (Phi) is 5.57. The summed E-state index contributed by atoms with van der Waals surface area (Å²) < 4.78 is 11.6. The van der Waals surface area contributed by atoms with Crippen LogP contribution in [0, 0.1) is 5.41 Å². The van der Waals surface area contributed by atoms with E-state index < -0.39 is 5.91 Å². The van der Waals surface area contributed by atoms with Gasteiger partial charge in [0.05, 0.1) is 0 Å². The summed E-state index contributed by atoms with van der Waals surface area (Å²) in [5.74, 6) is 1.28. The molecule has 0 radical (unpaired) electrons. The van der Waals surface area contributed by atoms with Gasteiger partial charge in [-0.3, -0.25) is 10.2 Å². The number of carbonyl (C=O) groups excluding carboxylic acids is 1. The first kappa shape index (κ1) is 18.9. The van der Waals surface area contributed by atoms with Gasteiger partial charge in [-0.15, -0.1) is 0 Å². The summed E-state index contributed by atoms with van der Waals surface area (Å²) in [6, 6.07) is 18.7. The third-order valence-electron chi connectivity index (χ3n) is 3.96. The zero-order valence-corrected chi connectivity index (χ0v) is 15.0. The molecule has 3 aromatic rings. The molecule has 0 atom stereocenters. The van der Waals surface area contributed by atoms with Gasteiger partial charge in [0.15, 0.2) is 0 Å². The molecule has 0 heterocycles. The van der Waals surface area contributed by atoms with E-state index in [4.69, 9.17) is 32.1 Å². The summed E-state index contributed by atoms with van der Waals surface area (Å²) in [5, 5.41) is 7.42. The number of hydrogen-bond donors (Lipinski definition) is 4. The summed E-state index contributed by atoms with van der Waals surface area (Å²) in [7, 11) is 0. The van der Waals surface area contributed by atoms with Crippen LogP contribution in [0.15, 0.2) is 66.7 Å². The first-order chi connectivity index (χ1) is 13.4. The minimum absolute atomic E-state index is 0.0291. The molecule has 0 aromatic heterocycles. The Morgan fingerprint density at radius 1 is 0.750 bits per heavy atom. The van der Waals surface area contributed by atoms with Gasteiger partial charge in [0, 0.05) is 23.7 Å². The quantitative estimate of drug-likeness (QED) is 0.371. The molecular weight excluding hydrogens is 356 g/mol. The Balaban J connectivity index is 1.86. The van der Waals surface area contributed by atoms with Crippen LogP contribution in [0.25, 0.3) is 0 Å². The fourth-order valence-corrected chi connectivity index (χ4v) is 2.50. The SMILES string of the molecule is N=C(N)c1ccc(Oc2cc(Oc3ccc(CN)cc3)cc(C(N)=O)c2)cc1. The maximum absolute atomic E-state index is 11.7. The molecule has 3 rings (SSSR count). The highest BCUT2D eigenvalue weighted by Gasteiger charge is 2.10. The van der Waals surface area contributed by atoms with Crippen LogP contribution in [0.2, 0.25) is 0 Å². The summed E-state index contributed by atoms with van der Waals surface area (Å²) in [6.07, 6.45) is 0. The Bertz CT molecular complexity index is 999. The number of ether oxygens (including phenoxy) is 2. The summed E-state index contributed by atoms with van der Waals surface area (Å²) in [4.78, 5) is 11.7. The highest BCUT2D eigenvalue weighted by Crippen LogP contribution is 2.30. The molecule has 7 heteroatoms. The van der Waals surface area contributed by atoms with E-state index in [1.807, 2.05) is 12.1 Å². The lowest BCUT2D eigenvalue weighted by Gasteiger charge is -2.12. The minimum atomic E-state index is -0.597. The van der Waals surface area contributed by atoms with Crippen molar-refractivity contribution in [3.63, 3.8) is 0 Å². The number of nitrogen functional groups attached to an aromatic ring is 1. The summed E-state index contributed by atoms with van der Waals surface area (Å²) in [5.41, 5.74) is 18.3. The van der Waals surface area contributed by atoms with Crippen molar-refractivity contribution in [1.82, 2.24) is 0 Å². The standard InChI is InChI=1S/C21H20N4O3/c22-12-13-1-5-16(6-2-13)27-18-9-15(21(25)26)10-19(11-18)28-17-7-3-14(4-8-17)20(23)24/h1-11H,12,22H2,(H3,23,24)(H2,25,26). The molecule has 3 aromatic carbocycles. The van der Waals surface area contributed by atoms with Gasteiger partial charge in [0.2, 0.25) is 5.91 Å². The number of nitrogens with two attached hydrogens (primary N) is 3. The maximum atomic E-state index is 11.7. The first-order valence-electron chi connectivity index (χ1n) is 8.48. The van der Waals surface area contributed by atoms with E-state index in [1.54, 1.807) is 48.5 Å². The van der Waals surface area contributed by atoms with Crippen molar-refractivity contribution in [2.24, 2.45) is 17.2 Å². The normalized spacial score (nSPS) is 10.3. The molecule has 0 saturated carbocycles. The number of hydrogen-bond acceptors (Lipinski definition) is 5. The Morgan fingerprint density at radius 3 is 1.68 bits per heavy atom.